The molecule has 0 aromatic carbocycles. The van der Waals surface area contributed by atoms with Crippen LogP contribution in [0, 0.1) is 0 Å². The molecule has 0 aliphatic rings. The van der Waals surface area contributed by atoms with E-state index >= 15 is 0 Å². The Labute approximate surface area is 81.8 Å². The fourth-order valence-electron chi connectivity index (χ4n) is 0. The third-order valence-electron chi connectivity index (χ3n) is 0.135. The second kappa shape index (κ2) is 6.39. The van der Waals surface area contributed by atoms with Crippen molar-refractivity contribution < 1.29 is 9.90 Å². The SMILES string of the molecule is O=C(O)CS.[Ba]. The molecule has 0 saturated heterocycles. The van der Waals surface area contributed by atoms with E-state index in [9.17, 15) is 4.79 Å². The van der Waals surface area contributed by atoms with Crippen molar-refractivity contribution in [3.05, 3.63) is 0 Å². The van der Waals surface area contributed by atoms with Crippen LogP contribution in [0.25, 0.3) is 0 Å². The van der Waals surface area contributed by atoms with Gasteiger partial charge in [0, 0.05) is 48.9 Å². The standard InChI is InChI=1S/C2H4O2S.Ba/c3-2(4)1-5;/h5H,1H2,(H,3,4);. The second-order valence-corrected chi connectivity index (χ2v) is 0.868. The number of rotatable bonds is 1. The summed E-state index contributed by atoms with van der Waals surface area (Å²) in [7, 11) is 0. The van der Waals surface area contributed by atoms with Crippen molar-refractivity contribution >= 4 is 67.5 Å². The van der Waals surface area contributed by atoms with Crippen molar-refractivity contribution in [2.24, 2.45) is 0 Å². The molecule has 0 fully saturated rings. The van der Waals surface area contributed by atoms with Crippen LogP contribution in [-0.4, -0.2) is 65.7 Å². The second-order valence-electron chi connectivity index (χ2n) is 0.552. The van der Waals surface area contributed by atoms with Crippen molar-refractivity contribution in [3.63, 3.8) is 0 Å². The van der Waals surface area contributed by atoms with Crippen LogP contribution in [0.1, 0.15) is 0 Å². The molecule has 0 bridgehead atoms. The zero-order valence-electron chi connectivity index (χ0n) is 3.22. The molecule has 6 heavy (non-hydrogen) atoms. The summed E-state index contributed by atoms with van der Waals surface area (Å²) in [5, 5.41) is 7.65. The summed E-state index contributed by atoms with van der Waals surface area (Å²) in [6.07, 6.45) is 0. The van der Waals surface area contributed by atoms with Crippen LogP contribution in [0.15, 0.2) is 0 Å². The summed E-state index contributed by atoms with van der Waals surface area (Å²) in [5.74, 6) is -0.965. The third kappa shape index (κ3) is 9.04. The van der Waals surface area contributed by atoms with Crippen LogP contribution in [0.4, 0.5) is 0 Å². The van der Waals surface area contributed by atoms with Crippen LogP contribution < -0.4 is 0 Å². The van der Waals surface area contributed by atoms with Crippen LogP contribution >= 0.6 is 12.6 Å². The number of hydrogen-bond acceptors (Lipinski definition) is 2. The Hall–Kier alpha value is 1.39. The van der Waals surface area contributed by atoms with E-state index in [1.165, 1.54) is 0 Å². The first kappa shape index (κ1) is 10.4. The van der Waals surface area contributed by atoms with Crippen LogP contribution in [0.5, 0.6) is 0 Å². The van der Waals surface area contributed by atoms with Gasteiger partial charge in [0.05, 0.1) is 5.75 Å². The van der Waals surface area contributed by atoms with Crippen molar-refractivity contribution in [3.8, 4) is 0 Å². The predicted molar refractivity (Wildman–Crippen MR) is 27.2 cm³/mol. The number of carboxylic acid groups (broad SMARTS) is 1. The molecule has 4 heteroatoms. The molecule has 0 aromatic rings. The van der Waals surface area contributed by atoms with Gasteiger partial charge in [-0.1, -0.05) is 0 Å². The summed E-state index contributed by atoms with van der Waals surface area (Å²) >= 11 is 3.42. The number of aliphatic carboxylic acids is 1. The van der Waals surface area contributed by atoms with E-state index in [0.29, 0.717) is 0 Å². The van der Waals surface area contributed by atoms with Gasteiger partial charge in [0.1, 0.15) is 0 Å². The molecule has 2 nitrogen and oxygen atoms in total. The van der Waals surface area contributed by atoms with Gasteiger partial charge in [0.25, 0.3) is 0 Å². The van der Waals surface area contributed by atoms with E-state index in [-0.39, 0.29) is 54.6 Å². The minimum atomic E-state index is -0.881. The minimum Gasteiger partial charge on any atom is -0.481 e. The van der Waals surface area contributed by atoms with E-state index < -0.39 is 5.97 Å². The molecule has 0 rings (SSSR count). The fraction of sp³-hybridized carbons (Fsp3) is 0.500. The van der Waals surface area contributed by atoms with E-state index in [2.05, 4.69) is 12.6 Å². The number of carboxylic acids is 1. The van der Waals surface area contributed by atoms with E-state index in [1.807, 2.05) is 0 Å². The van der Waals surface area contributed by atoms with E-state index in [1.54, 1.807) is 0 Å². The molecule has 0 aliphatic carbocycles. The average molecular weight is 229 g/mol. The zero-order chi connectivity index (χ0) is 4.28. The van der Waals surface area contributed by atoms with E-state index in [0.717, 1.165) is 0 Å². The molecule has 2 radical (unpaired) electrons. The first-order valence-corrected chi connectivity index (χ1v) is 1.73. The van der Waals surface area contributed by atoms with Gasteiger partial charge in [-0.3, -0.25) is 4.79 Å². The van der Waals surface area contributed by atoms with Crippen LogP contribution in [0.3, 0.4) is 0 Å². The number of carbonyl (C=O) groups is 1. The summed E-state index contributed by atoms with van der Waals surface area (Å²) in [6.45, 7) is 0. The summed E-state index contributed by atoms with van der Waals surface area (Å²) < 4.78 is 0. The first-order valence-electron chi connectivity index (χ1n) is 1.10. The quantitative estimate of drug-likeness (QED) is 0.475. The maximum atomic E-state index is 9.29. The van der Waals surface area contributed by atoms with Gasteiger partial charge in [0.2, 0.25) is 0 Å². The van der Waals surface area contributed by atoms with Gasteiger partial charge in [-0.05, 0) is 0 Å². The van der Waals surface area contributed by atoms with Gasteiger partial charge >= 0.3 is 5.97 Å². The minimum absolute atomic E-state index is 0. The molecule has 1 N–H and O–H groups in total. The summed E-state index contributed by atoms with van der Waals surface area (Å²) in [6, 6.07) is 0. The van der Waals surface area contributed by atoms with Crippen molar-refractivity contribution in [1.29, 1.82) is 0 Å². The predicted octanol–water partition coefficient (Wildman–Crippen LogP) is -0.380. The molecule has 0 heterocycles. The average Bonchev–Trinajstić information content (AvgIpc) is 1.38. The molecular weight excluding hydrogens is 225 g/mol. The summed E-state index contributed by atoms with van der Waals surface area (Å²) in [4.78, 5) is 9.29. The zero-order valence-corrected chi connectivity index (χ0v) is 8.55. The van der Waals surface area contributed by atoms with Gasteiger partial charge in [-0.15, -0.1) is 0 Å². The Bertz CT molecular complexity index is 46.8. The topological polar surface area (TPSA) is 37.3 Å². The Balaban J connectivity index is 0. The number of hydrogen-bond donors (Lipinski definition) is 2. The Morgan fingerprint density at radius 1 is 1.83 bits per heavy atom. The maximum Gasteiger partial charge on any atom is 0.313 e. The monoisotopic (exact) mass is 230 g/mol. The van der Waals surface area contributed by atoms with Gasteiger partial charge in [0.15, 0.2) is 0 Å². The fourth-order valence-corrected chi connectivity index (χ4v) is 0. The molecule has 0 unspecified atom stereocenters. The third-order valence-corrected chi connectivity index (χ3v) is 0.406. The smallest absolute Gasteiger partial charge is 0.313 e. The van der Waals surface area contributed by atoms with E-state index in [4.69, 9.17) is 5.11 Å². The Morgan fingerprint density at radius 3 is 2.00 bits per heavy atom. The van der Waals surface area contributed by atoms with Gasteiger partial charge in [-0.2, -0.15) is 12.6 Å². The van der Waals surface area contributed by atoms with Crippen LogP contribution in [0.2, 0.25) is 0 Å². The van der Waals surface area contributed by atoms with Crippen molar-refractivity contribution in [1.82, 2.24) is 0 Å². The Morgan fingerprint density at radius 2 is 2.00 bits per heavy atom. The van der Waals surface area contributed by atoms with Crippen molar-refractivity contribution in [2.45, 2.75) is 0 Å². The number of thiol groups is 1. The summed E-state index contributed by atoms with van der Waals surface area (Å²) in [5.41, 5.74) is 0. The molecule has 0 spiro atoms. The maximum absolute atomic E-state index is 9.29. The molecule has 0 aromatic heterocycles. The Kier molecular flexibility index (Phi) is 11.1. The van der Waals surface area contributed by atoms with Gasteiger partial charge < -0.3 is 5.11 Å². The molecule has 0 atom stereocenters. The molecule has 0 amide bonds. The molecule has 0 saturated carbocycles. The van der Waals surface area contributed by atoms with Crippen LogP contribution in [-0.2, 0) is 4.79 Å². The molecular formula is C2H4BaO2S. The normalized spacial score (nSPS) is 6.17. The largest absolute Gasteiger partial charge is 0.481 e. The first-order chi connectivity index (χ1) is 2.27. The molecule has 32 valence electrons. The van der Waals surface area contributed by atoms with Crippen molar-refractivity contribution in [2.75, 3.05) is 5.75 Å². The van der Waals surface area contributed by atoms with Gasteiger partial charge in [-0.25, -0.2) is 0 Å². The molecule has 0 aliphatic heterocycles.